The first-order chi connectivity index (χ1) is 5.62. The van der Waals surface area contributed by atoms with Crippen molar-refractivity contribution in [3.63, 3.8) is 0 Å². The standard InChI is InChI=1S/C8H14N4/c1-6(2)12-5-7(10-11-12)8(9)3-4-8/h5-6H,3-4,9H2,1-2H3. The van der Waals surface area contributed by atoms with Crippen LogP contribution >= 0.6 is 0 Å². The Bertz CT molecular complexity index is 285. The van der Waals surface area contributed by atoms with Crippen LogP contribution in [0.4, 0.5) is 0 Å². The molecule has 1 aromatic heterocycles. The number of hydrogen-bond donors (Lipinski definition) is 1. The zero-order chi connectivity index (χ0) is 8.77. The van der Waals surface area contributed by atoms with E-state index in [0.29, 0.717) is 6.04 Å². The number of aromatic nitrogens is 3. The summed E-state index contributed by atoms with van der Waals surface area (Å²) in [5, 5.41) is 8.07. The second-order valence-electron chi connectivity index (χ2n) is 3.83. The molecule has 0 atom stereocenters. The van der Waals surface area contributed by atoms with Crippen molar-refractivity contribution in [1.29, 1.82) is 0 Å². The molecule has 1 fully saturated rings. The maximum absolute atomic E-state index is 5.97. The van der Waals surface area contributed by atoms with Gasteiger partial charge in [0, 0.05) is 6.04 Å². The summed E-state index contributed by atoms with van der Waals surface area (Å²) >= 11 is 0. The van der Waals surface area contributed by atoms with Crippen molar-refractivity contribution in [2.75, 3.05) is 0 Å². The van der Waals surface area contributed by atoms with Crippen LogP contribution in [0.3, 0.4) is 0 Å². The Morgan fingerprint density at radius 2 is 2.25 bits per heavy atom. The van der Waals surface area contributed by atoms with E-state index in [-0.39, 0.29) is 5.54 Å². The SMILES string of the molecule is CC(C)n1cc(C2(N)CC2)nn1. The van der Waals surface area contributed by atoms with Crippen LogP contribution in [0.5, 0.6) is 0 Å². The van der Waals surface area contributed by atoms with Gasteiger partial charge < -0.3 is 5.73 Å². The van der Waals surface area contributed by atoms with E-state index in [0.717, 1.165) is 18.5 Å². The van der Waals surface area contributed by atoms with Crippen LogP contribution in [0, 0.1) is 0 Å². The molecular formula is C8H14N4. The molecule has 0 radical (unpaired) electrons. The largest absolute Gasteiger partial charge is 0.320 e. The summed E-state index contributed by atoms with van der Waals surface area (Å²) in [6.07, 6.45) is 4.05. The molecule has 0 unspecified atom stereocenters. The Morgan fingerprint density at radius 1 is 1.58 bits per heavy atom. The predicted molar refractivity (Wildman–Crippen MR) is 45.5 cm³/mol. The van der Waals surface area contributed by atoms with Crippen molar-refractivity contribution in [3.8, 4) is 0 Å². The van der Waals surface area contributed by atoms with Crippen molar-refractivity contribution in [3.05, 3.63) is 11.9 Å². The second-order valence-corrected chi connectivity index (χ2v) is 3.83. The number of rotatable bonds is 2. The summed E-state index contributed by atoms with van der Waals surface area (Å²) in [5.74, 6) is 0. The van der Waals surface area contributed by atoms with Gasteiger partial charge in [-0.3, -0.25) is 0 Å². The van der Waals surface area contributed by atoms with Crippen LogP contribution < -0.4 is 5.73 Å². The third kappa shape index (κ3) is 1.12. The molecule has 1 heterocycles. The zero-order valence-corrected chi connectivity index (χ0v) is 7.49. The molecule has 4 nitrogen and oxygen atoms in total. The Balaban J connectivity index is 2.25. The molecule has 1 aliphatic carbocycles. The molecule has 0 saturated heterocycles. The minimum Gasteiger partial charge on any atom is -0.320 e. The number of nitrogens with zero attached hydrogens (tertiary/aromatic N) is 3. The van der Waals surface area contributed by atoms with E-state index in [4.69, 9.17) is 5.73 Å². The minimum absolute atomic E-state index is 0.146. The van der Waals surface area contributed by atoms with Crippen molar-refractivity contribution >= 4 is 0 Å². The van der Waals surface area contributed by atoms with E-state index < -0.39 is 0 Å². The Morgan fingerprint density at radius 3 is 2.67 bits per heavy atom. The van der Waals surface area contributed by atoms with Gasteiger partial charge in [0.15, 0.2) is 0 Å². The van der Waals surface area contributed by atoms with Gasteiger partial charge in [0.25, 0.3) is 0 Å². The Labute approximate surface area is 71.8 Å². The molecular weight excluding hydrogens is 152 g/mol. The molecule has 0 aromatic carbocycles. The first kappa shape index (κ1) is 7.73. The Hall–Kier alpha value is -0.900. The molecule has 2 rings (SSSR count). The molecule has 1 aromatic rings. The minimum atomic E-state index is -0.146. The van der Waals surface area contributed by atoms with Gasteiger partial charge in [0.1, 0.15) is 5.69 Å². The van der Waals surface area contributed by atoms with Crippen LogP contribution in [0.25, 0.3) is 0 Å². The van der Waals surface area contributed by atoms with Gasteiger partial charge >= 0.3 is 0 Å². The lowest BCUT2D eigenvalue weighted by molar-refractivity contribution is 0.514. The van der Waals surface area contributed by atoms with Crippen LogP contribution in [-0.2, 0) is 5.54 Å². The fourth-order valence-electron chi connectivity index (χ4n) is 1.15. The maximum Gasteiger partial charge on any atom is 0.103 e. The fraction of sp³-hybridized carbons (Fsp3) is 0.750. The van der Waals surface area contributed by atoms with E-state index >= 15 is 0 Å². The van der Waals surface area contributed by atoms with E-state index in [1.54, 1.807) is 0 Å². The third-order valence-electron chi connectivity index (χ3n) is 2.34. The maximum atomic E-state index is 5.97. The van der Waals surface area contributed by atoms with Crippen LogP contribution in [0.1, 0.15) is 38.4 Å². The summed E-state index contributed by atoms with van der Waals surface area (Å²) < 4.78 is 1.85. The quantitative estimate of drug-likeness (QED) is 0.707. The molecule has 1 saturated carbocycles. The molecule has 1 aliphatic rings. The van der Waals surface area contributed by atoms with Gasteiger partial charge in [-0.05, 0) is 26.7 Å². The summed E-state index contributed by atoms with van der Waals surface area (Å²) in [4.78, 5) is 0. The van der Waals surface area contributed by atoms with Gasteiger partial charge in [-0.1, -0.05) is 5.21 Å². The van der Waals surface area contributed by atoms with Crippen molar-refractivity contribution in [2.45, 2.75) is 38.3 Å². The van der Waals surface area contributed by atoms with Gasteiger partial charge in [0.05, 0.1) is 11.7 Å². The van der Waals surface area contributed by atoms with Crippen molar-refractivity contribution in [1.82, 2.24) is 15.0 Å². The second kappa shape index (κ2) is 2.29. The average molecular weight is 166 g/mol. The summed E-state index contributed by atoms with van der Waals surface area (Å²) in [5.41, 5.74) is 6.76. The number of hydrogen-bond acceptors (Lipinski definition) is 3. The average Bonchev–Trinajstić information content (AvgIpc) is 2.61. The van der Waals surface area contributed by atoms with Crippen LogP contribution in [-0.4, -0.2) is 15.0 Å². The molecule has 4 heteroatoms. The monoisotopic (exact) mass is 166 g/mol. The number of nitrogens with two attached hydrogens (primary N) is 1. The summed E-state index contributed by atoms with van der Waals surface area (Å²) in [7, 11) is 0. The van der Waals surface area contributed by atoms with Gasteiger partial charge in [-0.2, -0.15) is 0 Å². The highest BCUT2D eigenvalue weighted by Gasteiger charge is 2.42. The third-order valence-corrected chi connectivity index (χ3v) is 2.34. The molecule has 0 spiro atoms. The van der Waals surface area contributed by atoms with Gasteiger partial charge in [0.2, 0.25) is 0 Å². The molecule has 66 valence electrons. The van der Waals surface area contributed by atoms with E-state index in [9.17, 15) is 0 Å². The zero-order valence-electron chi connectivity index (χ0n) is 7.49. The lowest BCUT2D eigenvalue weighted by atomic mass is 10.2. The smallest absolute Gasteiger partial charge is 0.103 e. The Kier molecular flexibility index (Phi) is 1.48. The highest BCUT2D eigenvalue weighted by Crippen LogP contribution is 2.41. The molecule has 2 N–H and O–H groups in total. The normalized spacial score (nSPS) is 20.0. The van der Waals surface area contributed by atoms with Gasteiger partial charge in [-0.15, -0.1) is 5.10 Å². The van der Waals surface area contributed by atoms with Crippen LogP contribution in [0.15, 0.2) is 6.20 Å². The summed E-state index contributed by atoms with van der Waals surface area (Å²) in [6, 6.07) is 0.369. The molecule has 0 bridgehead atoms. The highest BCUT2D eigenvalue weighted by molar-refractivity contribution is 5.18. The lowest BCUT2D eigenvalue weighted by Gasteiger charge is -2.03. The van der Waals surface area contributed by atoms with Crippen LogP contribution in [0.2, 0.25) is 0 Å². The van der Waals surface area contributed by atoms with E-state index in [1.165, 1.54) is 0 Å². The molecule has 0 amide bonds. The highest BCUT2D eigenvalue weighted by atomic mass is 15.4. The first-order valence-corrected chi connectivity index (χ1v) is 4.33. The molecule has 12 heavy (non-hydrogen) atoms. The lowest BCUT2D eigenvalue weighted by Crippen LogP contribution is -2.19. The van der Waals surface area contributed by atoms with E-state index in [1.807, 2.05) is 10.9 Å². The molecule has 0 aliphatic heterocycles. The topological polar surface area (TPSA) is 56.7 Å². The fourth-order valence-corrected chi connectivity index (χ4v) is 1.15. The summed E-state index contributed by atoms with van der Waals surface area (Å²) in [6.45, 7) is 4.16. The van der Waals surface area contributed by atoms with Crippen molar-refractivity contribution < 1.29 is 0 Å². The van der Waals surface area contributed by atoms with Crippen molar-refractivity contribution in [2.24, 2.45) is 5.73 Å². The van der Waals surface area contributed by atoms with E-state index in [2.05, 4.69) is 24.2 Å². The first-order valence-electron chi connectivity index (χ1n) is 4.33. The van der Waals surface area contributed by atoms with Gasteiger partial charge in [-0.25, -0.2) is 4.68 Å². The predicted octanol–water partition coefficient (Wildman–Crippen LogP) is 0.807.